The van der Waals surface area contributed by atoms with Crippen molar-refractivity contribution in [3.8, 4) is 28.7 Å². The van der Waals surface area contributed by atoms with Crippen molar-refractivity contribution in [3.63, 3.8) is 0 Å². The summed E-state index contributed by atoms with van der Waals surface area (Å²) in [4.78, 5) is 57.3. The first-order valence-electron chi connectivity index (χ1n) is 26.3. The Morgan fingerprint density at radius 1 is 0.658 bits per heavy atom. The van der Waals surface area contributed by atoms with Crippen molar-refractivity contribution in [2.45, 2.75) is 96.6 Å². The molecular formula is C58H71FN5O12+. The Balaban J connectivity index is 1.26. The van der Waals surface area contributed by atoms with Crippen molar-refractivity contribution in [3.05, 3.63) is 92.2 Å². The standard InChI is InChI=1S/C58H71FN5O12/c1-57(2,60)34-58(3,4)76-45-29-47(74-24-23-73-46-27-37(59)17-18-43(46)63(30-48(65)69-5)31-49(66)70-6)44(64(32-50(67)71-7)33-51(68)72-8)28-40(45)52-41-25-35-13-9-19-61-21-11-15-38(53(35)61)55(41)75-56-39-16-12-22-62-20-10-14-36(54(39)62)26-42(52)56/h17-18,25-29H,9-16,19-24,30-34,60H2,1-8H3/q+1. The van der Waals surface area contributed by atoms with Crippen molar-refractivity contribution in [1.82, 2.24) is 4.58 Å². The van der Waals surface area contributed by atoms with E-state index in [1.807, 2.05) is 33.8 Å². The smallest absolute Gasteiger partial charge is 0.325 e. The third-order valence-corrected chi connectivity index (χ3v) is 14.7. The van der Waals surface area contributed by atoms with E-state index in [4.69, 9.17) is 43.6 Å². The Morgan fingerprint density at radius 2 is 1.22 bits per heavy atom. The second-order valence-corrected chi connectivity index (χ2v) is 21.5. The molecule has 0 amide bonds. The van der Waals surface area contributed by atoms with Gasteiger partial charge in [-0.2, -0.15) is 0 Å². The van der Waals surface area contributed by atoms with E-state index >= 15 is 0 Å². The monoisotopic (exact) mass is 1050 g/mol. The number of carbonyl (C=O) groups is 4. The highest BCUT2D eigenvalue weighted by molar-refractivity contribution is 5.93. The van der Waals surface area contributed by atoms with Crippen LogP contribution >= 0.6 is 0 Å². The number of halogens is 1. The lowest BCUT2D eigenvalue weighted by Crippen LogP contribution is -2.45. The summed E-state index contributed by atoms with van der Waals surface area (Å²) in [6, 6.07) is 12.0. The first-order chi connectivity index (χ1) is 36.4. The number of aryl methyl sites for hydroxylation is 2. The maximum atomic E-state index is 15.0. The van der Waals surface area contributed by atoms with Crippen molar-refractivity contribution in [1.29, 1.82) is 0 Å². The molecule has 9 rings (SSSR count). The number of hydrogen-bond donors (Lipinski definition) is 1. The lowest BCUT2D eigenvalue weighted by Gasteiger charge is -2.39. The van der Waals surface area contributed by atoms with E-state index in [-0.39, 0.29) is 56.6 Å². The molecule has 0 atom stereocenters. The maximum absolute atomic E-state index is 15.0. The number of rotatable bonds is 20. The molecule has 0 saturated carbocycles. The summed E-state index contributed by atoms with van der Waals surface area (Å²) in [5.74, 6) is -0.806. The average Bonchev–Trinajstić information content (AvgIpc) is 3.48. The predicted octanol–water partition coefficient (Wildman–Crippen LogP) is 5.31. The molecule has 0 fully saturated rings. The van der Waals surface area contributed by atoms with Gasteiger partial charge in [0.25, 0.3) is 0 Å². The van der Waals surface area contributed by atoms with Gasteiger partial charge in [0.15, 0.2) is 0 Å². The molecule has 5 aliphatic rings. The third-order valence-electron chi connectivity index (χ3n) is 14.7. The van der Waals surface area contributed by atoms with Gasteiger partial charge < -0.3 is 58.3 Å². The van der Waals surface area contributed by atoms with E-state index in [2.05, 4.69) is 21.6 Å². The number of methoxy groups -OCH3 is 4. The molecule has 17 nitrogen and oxygen atoms in total. The minimum absolute atomic E-state index is 0.0158. The lowest BCUT2D eigenvalue weighted by molar-refractivity contribution is -0.141. The van der Waals surface area contributed by atoms with Gasteiger partial charge in [-0.25, -0.2) is 8.97 Å². The number of fused-ring (bicyclic) bond motifs is 4. The van der Waals surface area contributed by atoms with Gasteiger partial charge in [0, 0.05) is 88.8 Å². The highest BCUT2D eigenvalue weighted by Crippen LogP contribution is 2.51. The minimum atomic E-state index is -0.858. The van der Waals surface area contributed by atoms with Gasteiger partial charge in [0.2, 0.25) is 5.36 Å². The second kappa shape index (κ2) is 22.3. The summed E-state index contributed by atoms with van der Waals surface area (Å²) in [7, 11) is 5.00. The van der Waals surface area contributed by atoms with Gasteiger partial charge in [-0.05, 0) is 102 Å². The van der Waals surface area contributed by atoms with Crippen LogP contribution in [0.1, 0.15) is 93.2 Å². The molecule has 0 bridgehead atoms. The van der Waals surface area contributed by atoms with Crippen LogP contribution in [0.5, 0.6) is 28.7 Å². The molecule has 0 aliphatic carbocycles. The number of benzene rings is 4. The van der Waals surface area contributed by atoms with Crippen LogP contribution in [0.25, 0.3) is 5.57 Å². The molecule has 0 saturated heterocycles. The van der Waals surface area contributed by atoms with E-state index in [1.165, 1.54) is 78.8 Å². The molecule has 5 heterocycles. The average molecular weight is 1050 g/mol. The number of anilines is 3. The van der Waals surface area contributed by atoms with E-state index in [9.17, 15) is 23.6 Å². The third kappa shape index (κ3) is 11.4. The second-order valence-electron chi connectivity index (χ2n) is 21.5. The Bertz CT molecular complexity index is 3040. The maximum Gasteiger partial charge on any atom is 0.325 e. The summed E-state index contributed by atoms with van der Waals surface area (Å²) in [6.07, 6.45) is 8.03. The van der Waals surface area contributed by atoms with Crippen LogP contribution in [0.4, 0.5) is 21.5 Å². The van der Waals surface area contributed by atoms with Crippen LogP contribution in [0.2, 0.25) is 0 Å². The van der Waals surface area contributed by atoms with Crippen LogP contribution in [-0.4, -0.2) is 129 Å². The summed E-state index contributed by atoms with van der Waals surface area (Å²) >= 11 is 0. The number of hydrogen-bond acceptors (Lipinski definition) is 16. The largest absolute Gasteiger partial charge is 0.488 e. The molecule has 4 aromatic rings. The molecule has 0 spiro atoms. The molecule has 0 aromatic heterocycles. The quantitative estimate of drug-likeness (QED) is 0.0458. The normalized spacial score (nSPS) is 15.2. The highest BCUT2D eigenvalue weighted by Gasteiger charge is 2.38. The Labute approximate surface area is 443 Å². The van der Waals surface area contributed by atoms with Crippen LogP contribution < -0.4 is 54.5 Å². The van der Waals surface area contributed by atoms with Gasteiger partial charge in [-0.15, -0.1) is 0 Å². The number of ether oxygens (including phenoxy) is 8. The fraction of sp³-hybridized carbons (Fsp3) is 0.500. The first kappa shape index (κ1) is 53.7. The topological polar surface area (TPSA) is 181 Å². The molecule has 406 valence electrons. The number of carbonyl (C=O) groups excluding carboxylic acids is 4. The Hall–Kier alpha value is -7.08. The van der Waals surface area contributed by atoms with Crippen molar-refractivity contribution in [2.75, 3.05) is 109 Å². The van der Waals surface area contributed by atoms with Gasteiger partial charge in [0.1, 0.15) is 92.6 Å². The highest BCUT2D eigenvalue weighted by atomic mass is 19.1. The first-order valence-corrected chi connectivity index (χ1v) is 26.3. The minimum Gasteiger partial charge on any atom is -0.488 e. The fourth-order valence-electron chi connectivity index (χ4n) is 11.9. The number of nitrogens with two attached hydrogens (primary N) is 1. The van der Waals surface area contributed by atoms with E-state index < -0.39 is 40.8 Å². The van der Waals surface area contributed by atoms with E-state index in [1.54, 1.807) is 11.0 Å². The number of esters is 4. The van der Waals surface area contributed by atoms with E-state index in [0.717, 1.165) is 111 Å². The van der Waals surface area contributed by atoms with Gasteiger partial charge >= 0.3 is 23.9 Å². The van der Waals surface area contributed by atoms with Crippen molar-refractivity contribution in [2.24, 2.45) is 5.73 Å². The summed E-state index contributed by atoms with van der Waals surface area (Å²) in [6.45, 7) is 10.1. The Morgan fingerprint density at radius 3 is 1.84 bits per heavy atom. The zero-order valence-electron chi connectivity index (χ0n) is 45.1. The molecule has 2 N–H and O–H groups in total. The van der Waals surface area contributed by atoms with E-state index in [0.29, 0.717) is 23.4 Å². The van der Waals surface area contributed by atoms with Crippen LogP contribution in [0.15, 0.2) is 42.5 Å². The lowest BCUT2D eigenvalue weighted by atomic mass is 9.82. The molecule has 4 aromatic carbocycles. The van der Waals surface area contributed by atoms with Gasteiger partial charge in [-0.3, -0.25) is 19.2 Å². The fourth-order valence-corrected chi connectivity index (χ4v) is 11.9. The molecular weight excluding hydrogens is 978 g/mol. The zero-order valence-corrected chi connectivity index (χ0v) is 45.1. The predicted molar refractivity (Wildman–Crippen MR) is 284 cm³/mol. The molecule has 5 aliphatic heterocycles. The van der Waals surface area contributed by atoms with Crippen LogP contribution in [-0.2, 0) is 63.8 Å². The molecule has 0 unspecified atom stereocenters. The SMILES string of the molecule is COC(=O)CN(CC(=O)OC)c1ccc(F)cc1OCCOc1cc(OC(C)(C)CC(C)(C)N)c(C2=c3cc4c5c(c3Oc3c2cc2c6c3CCCN6CCC2)CCC[N+]=5CCC4)cc1N(CC(=O)OC)CC(=O)OC. The summed E-state index contributed by atoms with van der Waals surface area (Å²) < 4.78 is 65.3. The van der Waals surface area contributed by atoms with Crippen LogP contribution in [0.3, 0.4) is 0 Å². The van der Waals surface area contributed by atoms with Crippen molar-refractivity contribution >= 4 is 46.5 Å². The summed E-state index contributed by atoms with van der Waals surface area (Å²) in [5, 5.41) is 2.20. The van der Waals surface area contributed by atoms with Crippen molar-refractivity contribution < 1.29 is 61.5 Å². The summed E-state index contributed by atoms with van der Waals surface area (Å²) in [5.41, 5.74) is 14.5. The molecule has 18 heteroatoms. The number of nitrogens with zero attached hydrogens (tertiary/aromatic N) is 4. The van der Waals surface area contributed by atoms with Crippen LogP contribution in [0, 0.1) is 5.82 Å². The van der Waals surface area contributed by atoms with Gasteiger partial charge in [-0.1, -0.05) is 0 Å². The zero-order chi connectivity index (χ0) is 54.1. The molecule has 0 radical (unpaired) electrons. The Kier molecular flexibility index (Phi) is 15.7. The molecule has 76 heavy (non-hydrogen) atoms. The van der Waals surface area contributed by atoms with Gasteiger partial charge in [0.05, 0.1) is 45.4 Å².